The molecule has 6 nitrogen and oxygen atoms in total. The van der Waals surface area contributed by atoms with Crippen molar-refractivity contribution < 1.29 is 9.59 Å². The van der Waals surface area contributed by atoms with Crippen LogP contribution in [0.25, 0.3) is 6.08 Å². The summed E-state index contributed by atoms with van der Waals surface area (Å²) in [6, 6.07) is 23.9. The Morgan fingerprint density at radius 2 is 1.53 bits per heavy atom. The Kier molecular flexibility index (Phi) is 9.39. The van der Waals surface area contributed by atoms with Gasteiger partial charge in [-0.05, 0) is 48.2 Å². The lowest BCUT2D eigenvalue weighted by Crippen LogP contribution is -2.50. The second-order valence-corrected chi connectivity index (χ2v) is 9.04. The number of aromatic nitrogens is 1. The maximum Gasteiger partial charge on any atom is 0.243 e. The molecule has 0 unspecified atom stereocenters. The molecule has 3 aromatic rings. The maximum absolute atomic E-state index is 13.6. The van der Waals surface area contributed by atoms with Crippen LogP contribution in [0.2, 0.25) is 0 Å². The first-order valence-electron chi connectivity index (χ1n) is 12.7. The van der Waals surface area contributed by atoms with Crippen LogP contribution in [0, 0.1) is 0 Å². The fourth-order valence-corrected chi connectivity index (χ4v) is 4.52. The zero-order chi connectivity index (χ0) is 25.0. The van der Waals surface area contributed by atoms with Crippen LogP contribution in [-0.2, 0) is 9.59 Å². The van der Waals surface area contributed by atoms with Crippen LogP contribution >= 0.6 is 0 Å². The fourth-order valence-electron chi connectivity index (χ4n) is 4.52. The molecule has 1 fully saturated rings. The molecule has 4 rings (SSSR count). The zero-order valence-corrected chi connectivity index (χ0v) is 20.6. The fraction of sp³-hybridized carbons (Fsp3) is 0.300. The SMILES string of the molecule is O=C(/C=C/c1cccnc1)NCCCCN1CCN(C(=O)C(c2ccccc2)c2ccccc2)CC1. The molecule has 1 N–H and O–H groups in total. The van der Waals surface area contributed by atoms with Crippen molar-refractivity contribution in [2.45, 2.75) is 18.8 Å². The van der Waals surface area contributed by atoms with E-state index in [0.717, 1.165) is 62.3 Å². The molecule has 1 aliphatic heterocycles. The number of hydrogen-bond acceptors (Lipinski definition) is 4. The number of benzene rings is 2. The van der Waals surface area contributed by atoms with Gasteiger partial charge in [0.05, 0.1) is 5.92 Å². The highest BCUT2D eigenvalue weighted by Gasteiger charge is 2.29. The van der Waals surface area contributed by atoms with Crippen LogP contribution in [0.15, 0.2) is 91.3 Å². The van der Waals surface area contributed by atoms with Gasteiger partial charge < -0.3 is 10.2 Å². The minimum absolute atomic E-state index is 0.0858. The highest BCUT2D eigenvalue weighted by molar-refractivity contribution is 5.91. The number of rotatable bonds is 10. The average Bonchev–Trinajstić information content (AvgIpc) is 2.94. The van der Waals surface area contributed by atoms with Crippen molar-refractivity contribution >= 4 is 17.9 Å². The van der Waals surface area contributed by atoms with Crippen molar-refractivity contribution in [2.75, 3.05) is 39.3 Å². The summed E-state index contributed by atoms with van der Waals surface area (Å²) in [7, 11) is 0. The summed E-state index contributed by atoms with van der Waals surface area (Å²) in [5.41, 5.74) is 2.98. The quantitative estimate of drug-likeness (QED) is 0.351. The molecule has 0 spiro atoms. The van der Waals surface area contributed by atoms with E-state index in [1.54, 1.807) is 24.5 Å². The number of hydrogen-bond donors (Lipinski definition) is 1. The molecule has 6 heteroatoms. The number of unbranched alkanes of at least 4 members (excludes halogenated alkanes) is 1. The molecule has 0 saturated carbocycles. The van der Waals surface area contributed by atoms with Crippen LogP contribution in [-0.4, -0.2) is 65.9 Å². The third kappa shape index (κ3) is 7.36. The summed E-state index contributed by atoms with van der Waals surface area (Å²) in [5, 5.41) is 2.94. The summed E-state index contributed by atoms with van der Waals surface area (Å²) >= 11 is 0. The minimum Gasteiger partial charge on any atom is -0.353 e. The molecule has 0 atom stereocenters. The van der Waals surface area contributed by atoms with Gasteiger partial charge in [0.1, 0.15) is 0 Å². The van der Waals surface area contributed by atoms with Gasteiger partial charge in [0, 0.05) is 51.2 Å². The number of carbonyl (C=O) groups excluding carboxylic acids is 2. The molecule has 186 valence electrons. The van der Waals surface area contributed by atoms with Gasteiger partial charge in [0.15, 0.2) is 0 Å². The monoisotopic (exact) mass is 482 g/mol. The van der Waals surface area contributed by atoms with E-state index in [1.807, 2.05) is 77.7 Å². The lowest BCUT2D eigenvalue weighted by atomic mass is 9.90. The van der Waals surface area contributed by atoms with Gasteiger partial charge >= 0.3 is 0 Å². The highest BCUT2D eigenvalue weighted by Crippen LogP contribution is 2.27. The van der Waals surface area contributed by atoms with Crippen LogP contribution in [0.5, 0.6) is 0 Å². The molecular weight excluding hydrogens is 448 g/mol. The Morgan fingerprint density at radius 1 is 0.861 bits per heavy atom. The van der Waals surface area contributed by atoms with Crippen molar-refractivity contribution in [3.8, 4) is 0 Å². The van der Waals surface area contributed by atoms with Gasteiger partial charge in [-0.2, -0.15) is 0 Å². The topological polar surface area (TPSA) is 65.5 Å². The third-order valence-corrected chi connectivity index (χ3v) is 6.51. The number of nitrogens with one attached hydrogen (secondary N) is 1. The maximum atomic E-state index is 13.6. The molecule has 1 aliphatic rings. The molecule has 0 radical (unpaired) electrons. The Bertz CT molecular complexity index is 1070. The van der Waals surface area contributed by atoms with Crippen LogP contribution in [0.4, 0.5) is 0 Å². The van der Waals surface area contributed by atoms with E-state index in [4.69, 9.17) is 0 Å². The summed E-state index contributed by atoms with van der Waals surface area (Å²) in [6.07, 6.45) is 8.68. The van der Waals surface area contributed by atoms with Crippen LogP contribution in [0.3, 0.4) is 0 Å². The Balaban J connectivity index is 1.19. The molecule has 2 heterocycles. The minimum atomic E-state index is -0.269. The Morgan fingerprint density at radius 3 is 2.14 bits per heavy atom. The van der Waals surface area contributed by atoms with Crippen LogP contribution < -0.4 is 5.32 Å². The second-order valence-electron chi connectivity index (χ2n) is 9.04. The zero-order valence-electron chi connectivity index (χ0n) is 20.6. The number of piperazine rings is 1. The van der Waals surface area contributed by atoms with Crippen molar-refractivity contribution in [3.63, 3.8) is 0 Å². The van der Waals surface area contributed by atoms with Gasteiger partial charge in [-0.25, -0.2) is 0 Å². The summed E-state index contributed by atoms with van der Waals surface area (Å²) in [6.45, 7) is 4.87. The molecule has 0 aliphatic carbocycles. The van der Waals surface area contributed by atoms with E-state index in [0.29, 0.717) is 6.54 Å². The van der Waals surface area contributed by atoms with Gasteiger partial charge in [0.25, 0.3) is 0 Å². The van der Waals surface area contributed by atoms with E-state index in [2.05, 4.69) is 15.2 Å². The van der Waals surface area contributed by atoms with E-state index >= 15 is 0 Å². The second kappa shape index (κ2) is 13.4. The number of amides is 2. The van der Waals surface area contributed by atoms with Crippen LogP contribution in [0.1, 0.15) is 35.4 Å². The van der Waals surface area contributed by atoms with E-state index in [9.17, 15) is 9.59 Å². The van der Waals surface area contributed by atoms with E-state index in [-0.39, 0.29) is 17.7 Å². The van der Waals surface area contributed by atoms with Crippen molar-refractivity contribution in [1.29, 1.82) is 0 Å². The first kappa shape index (κ1) is 25.3. The summed E-state index contributed by atoms with van der Waals surface area (Å²) < 4.78 is 0. The first-order valence-corrected chi connectivity index (χ1v) is 12.7. The normalized spacial score (nSPS) is 14.3. The van der Waals surface area contributed by atoms with Gasteiger partial charge in [0.2, 0.25) is 11.8 Å². The summed E-state index contributed by atoms with van der Waals surface area (Å²) in [4.78, 5) is 34.0. The van der Waals surface area contributed by atoms with Gasteiger partial charge in [-0.15, -0.1) is 0 Å². The average molecular weight is 483 g/mol. The molecule has 36 heavy (non-hydrogen) atoms. The van der Waals surface area contributed by atoms with Gasteiger partial charge in [-0.1, -0.05) is 66.7 Å². The van der Waals surface area contributed by atoms with Crippen molar-refractivity contribution in [2.24, 2.45) is 0 Å². The number of nitrogens with zero attached hydrogens (tertiary/aromatic N) is 3. The Labute approximate surface area is 213 Å². The highest BCUT2D eigenvalue weighted by atomic mass is 16.2. The standard InChI is InChI=1S/C30H34N4O2/c35-28(16-15-25-10-9-17-31-24-25)32-18-7-8-19-33-20-22-34(23-21-33)30(36)29(26-11-3-1-4-12-26)27-13-5-2-6-14-27/h1-6,9-17,24,29H,7-8,18-23H2,(H,32,35)/b16-15+. The van der Waals surface area contributed by atoms with E-state index in [1.165, 1.54) is 0 Å². The predicted molar refractivity (Wildman–Crippen MR) is 143 cm³/mol. The van der Waals surface area contributed by atoms with Gasteiger partial charge in [-0.3, -0.25) is 19.5 Å². The lowest BCUT2D eigenvalue weighted by molar-refractivity contribution is -0.133. The largest absolute Gasteiger partial charge is 0.353 e. The predicted octanol–water partition coefficient (Wildman–Crippen LogP) is 3.97. The molecular formula is C30H34N4O2. The Hall–Kier alpha value is -3.77. The van der Waals surface area contributed by atoms with Crippen molar-refractivity contribution in [1.82, 2.24) is 20.1 Å². The van der Waals surface area contributed by atoms with E-state index < -0.39 is 0 Å². The smallest absolute Gasteiger partial charge is 0.243 e. The van der Waals surface area contributed by atoms with Crippen molar-refractivity contribution in [3.05, 3.63) is 108 Å². The first-order chi connectivity index (χ1) is 17.7. The third-order valence-electron chi connectivity index (χ3n) is 6.51. The summed E-state index contributed by atoms with van der Waals surface area (Å²) in [5.74, 6) is -0.179. The molecule has 1 aromatic heterocycles. The molecule has 2 amide bonds. The number of carbonyl (C=O) groups is 2. The molecule has 1 saturated heterocycles. The lowest BCUT2D eigenvalue weighted by Gasteiger charge is -2.36. The number of pyridine rings is 1. The molecule has 2 aromatic carbocycles. The molecule has 0 bridgehead atoms.